The van der Waals surface area contributed by atoms with Crippen LogP contribution in [0, 0.1) is 13.8 Å². The Morgan fingerprint density at radius 1 is 1.03 bits per heavy atom. The van der Waals surface area contributed by atoms with E-state index in [1.807, 2.05) is 19.9 Å². The first-order chi connectivity index (χ1) is 16.4. The van der Waals surface area contributed by atoms with E-state index in [0.29, 0.717) is 34.3 Å². The molecule has 7 nitrogen and oxygen atoms in total. The Hall–Kier alpha value is -2.29. The number of hydrogen-bond donors (Lipinski definition) is 1. The van der Waals surface area contributed by atoms with Crippen molar-refractivity contribution in [1.29, 1.82) is 0 Å². The highest BCUT2D eigenvalue weighted by Gasteiger charge is 2.32. The van der Waals surface area contributed by atoms with Crippen molar-refractivity contribution in [3.05, 3.63) is 63.1 Å². The lowest BCUT2D eigenvalue weighted by Gasteiger charge is -2.33. The predicted molar refractivity (Wildman–Crippen MR) is 142 cm³/mol. The van der Waals surface area contributed by atoms with Crippen LogP contribution in [0.2, 0.25) is 10.0 Å². The molecule has 10 heteroatoms. The molecule has 2 rings (SSSR count). The van der Waals surface area contributed by atoms with Gasteiger partial charge in [-0.05, 0) is 55.5 Å². The topological polar surface area (TPSA) is 86.8 Å². The molecule has 0 unspecified atom stereocenters. The normalized spacial score (nSPS) is 12.2. The summed E-state index contributed by atoms with van der Waals surface area (Å²) in [6, 6.07) is 9.63. The Morgan fingerprint density at radius 2 is 1.66 bits per heavy atom. The number of halogens is 2. The van der Waals surface area contributed by atoms with Crippen molar-refractivity contribution in [1.82, 2.24) is 10.2 Å². The SMILES string of the molecule is CCCNC(=O)[C@@H](CC)N(Cc1ccc(Cl)c(Cl)c1)C(=O)CN(c1c(C)cccc1C)S(C)(=O)=O. The van der Waals surface area contributed by atoms with Gasteiger partial charge in [-0.3, -0.25) is 13.9 Å². The van der Waals surface area contributed by atoms with Crippen LogP contribution < -0.4 is 9.62 Å². The van der Waals surface area contributed by atoms with Gasteiger partial charge in [0.1, 0.15) is 12.6 Å². The summed E-state index contributed by atoms with van der Waals surface area (Å²) >= 11 is 12.2. The van der Waals surface area contributed by atoms with Crippen LogP contribution in [0.4, 0.5) is 5.69 Å². The van der Waals surface area contributed by atoms with Crippen LogP contribution in [0.1, 0.15) is 43.4 Å². The average molecular weight is 543 g/mol. The van der Waals surface area contributed by atoms with Gasteiger partial charge in [0, 0.05) is 13.1 Å². The second-order valence-electron chi connectivity index (χ2n) is 8.50. The number of hydrogen-bond acceptors (Lipinski definition) is 4. The fourth-order valence-corrected chi connectivity index (χ4v) is 5.18. The lowest BCUT2D eigenvalue weighted by Crippen LogP contribution is -2.52. The second kappa shape index (κ2) is 12.6. The molecule has 0 saturated heterocycles. The minimum Gasteiger partial charge on any atom is -0.354 e. The molecule has 0 heterocycles. The third-order valence-corrected chi connectivity index (χ3v) is 7.49. The van der Waals surface area contributed by atoms with E-state index in [-0.39, 0.29) is 12.5 Å². The lowest BCUT2D eigenvalue weighted by atomic mass is 10.1. The lowest BCUT2D eigenvalue weighted by molar-refractivity contribution is -0.140. The Bertz CT molecular complexity index is 1150. The van der Waals surface area contributed by atoms with Crippen molar-refractivity contribution < 1.29 is 18.0 Å². The number of nitrogens with one attached hydrogen (secondary N) is 1. The number of benzene rings is 2. The minimum atomic E-state index is -3.80. The van der Waals surface area contributed by atoms with Crippen molar-refractivity contribution in [2.75, 3.05) is 23.7 Å². The zero-order valence-electron chi connectivity index (χ0n) is 20.8. The van der Waals surface area contributed by atoms with Crippen LogP contribution in [0.15, 0.2) is 36.4 Å². The Kier molecular flexibility index (Phi) is 10.4. The van der Waals surface area contributed by atoms with Crippen molar-refractivity contribution in [2.45, 2.75) is 53.1 Å². The molecule has 2 aromatic carbocycles. The summed E-state index contributed by atoms with van der Waals surface area (Å²) in [5, 5.41) is 3.55. The van der Waals surface area contributed by atoms with Crippen LogP contribution >= 0.6 is 23.2 Å². The van der Waals surface area contributed by atoms with E-state index in [1.54, 1.807) is 44.2 Å². The molecule has 0 aliphatic carbocycles. The van der Waals surface area contributed by atoms with Crippen molar-refractivity contribution in [2.24, 2.45) is 0 Å². The maximum absolute atomic E-state index is 13.7. The predicted octanol–water partition coefficient (Wildman–Crippen LogP) is 4.71. The fraction of sp³-hybridized carbons (Fsp3) is 0.440. The molecule has 2 aromatic rings. The summed E-state index contributed by atoms with van der Waals surface area (Å²) < 4.78 is 26.7. The molecule has 0 radical (unpaired) electrons. The largest absolute Gasteiger partial charge is 0.354 e. The first kappa shape index (κ1) is 28.9. The first-order valence-electron chi connectivity index (χ1n) is 11.5. The van der Waals surface area contributed by atoms with Gasteiger partial charge in [-0.1, -0.05) is 61.3 Å². The van der Waals surface area contributed by atoms with Crippen molar-refractivity contribution >= 4 is 50.7 Å². The molecule has 0 fully saturated rings. The number of carbonyl (C=O) groups is 2. The molecular formula is C25H33Cl2N3O4S. The maximum atomic E-state index is 13.7. The van der Waals surface area contributed by atoms with Gasteiger partial charge in [-0.25, -0.2) is 8.42 Å². The number of anilines is 1. The first-order valence-corrected chi connectivity index (χ1v) is 14.1. The molecule has 0 aliphatic heterocycles. The summed E-state index contributed by atoms with van der Waals surface area (Å²) in [6.07, 6.45) is 2.17. The van der Waals surface area contributed by atoms with Gasteiger partial charge in [0.05, 0.1) is 22.0 Å². The number of nitrogens with zero attached hydrogens (tertiary/aromatic N) is 2. The van der Waals surface area contributed by atoms with Crippen LogP contribution in [-0.4, -0.2) is 50.5 Å². The summed E-state index contributed by atoms with van der Waals surface area (Å²) in [6.45, 7) is 7.44. The summed E-state index contributed by atoms with van der Waals surface area (Å²) in [5.41, 5.74) is 2.59. The van der Waals surface area contributed by atoms with E-state index < -0.39 is 28.5 Å². The van der Waals surface area contributed by atoms with Crippen LogP contribution in [0.5, 0.6) is 0 Å². The molecule has 2 amide bonds. The highest BCUT2D eigenvalue weighted by molar-refractivity contribution is 7.92. The average Bonchev–Trinajstić information content (AvgIpc) is 2.78. The van der Waals surface area contributed by atoms with Gasteiger partial charge in [0.25, 0.3) is 0 Å². The number of sulfonamides is 1. The summed E-state index contributed by atoms with van der Waals surface area (Å²) in [5.74, 6) is -0.789. The van der Waals surface area contributed by atoms with Gasteiger partial charge in [-0.15, -0.1) is 0 Å². The molecule has 0 spiro atoms. The number of rotatable bonds is 11. The van der Waals surface area contributed by atoms with Gasteiger partial charge in [0.15, 0.2) is 0 Å². The molecule has 0 aromatic heterocycles. The van der Waals surface area contributed by atoms with Crippen LogP contribution in [0.25, 0.3) is 0 Å². The van der Waals surface area contributed by atoms with Gasteiger partial charge in [0.2, 0.25) is 21.8 Å². The second-order valence-corrected chi connectivity index (χ2v) is 11.2. The van der Waals surface area contributed by atoms with E-state index in [1.165, 1.54) is 4.90 Å². The summed E-state index contributed by atoms with van der Waals surface area (Å²) in [7, 11) is -3.80. The van der Waals surface area contributed by atoms with Gasteiger partial charge in [-0.2, -0.15) is 0 Å². The zero-order valence-corrected chi connectivity index (χ0v) is 23.1. The quantitative estimate of drug-likeness (QED) is 0.446. The van der Waals surface area contributed by atoms with E-state index in [2.05, 4.69) is 5.32 Å². The smallest absolute Gasteiger partial charge is 0.244 e. The number of amides is 2. The van der Waals surface area contributed by atoms with E-state index in [4.69, 9.17) is 23.2 Å². The molecule has 0 saturated carbocycles. The Morgan fingerprint density at radius 3 is 2.17 bits per heavy atom. The Labute approximate surface area is 218 Å². The number of aryl methyl sites for hydroxylation is 2. The van der Waals surface area contributed by atoms with Gasteiger partial charge < -0.3 is 10.2 Å². The Balaban J connectivity index is 2.50. The standard InChI is InChI=1S/C25H33Cl2N3O4S/c1-6-13-28-25(32)22(7-2)29(15-19-11-12-20(26)21(27)14-19)23(31)16-30(35(5,33)34)24-17(3)9-8-10-18(24)4/h8-12,14,22H,6-7,13,15-16H2,1-5H3,(H,28,32)/t22-/m1/s1. The molecule has 1 N–H and O–H groups in total. The molecule has 0 aliphatic rings. The maximum Gasteiger partial charge on any atom is 0.244 e. The summed E-state index contributed by atoms with van der Waals surface area (Å²) in [4.78, 5) is 28.1. The molecular weight excluding hydrogens is 509 g/mol. The van der Waals surface area contributed by atoms with E-state index >= 15 is 0 Å². The van der Waals surface area contributed by atoms with E-state index in [0.717, 1.165) is 28.1 Å². The molecule has 0 bridgehead atoms. The van der Waals surface area contributed by atoms with Crippen LogP contribution in [-0.2, 0) is 26.2 Å². The molecule has 1 atom stereocenters. The highest BCUT2D eigenvalue weighted by atomic mass is 35.5. The third-order valence-electron chi connectivity index (χ3n) is 5.64. The van der Waals surface area contributed by atoms with Gasteiger partial charge >= 0.3 is 0 Å². The number of para-hydroxylation sites is 1. The fourth-order valence-electron chi connectivity index (χ4n) is 3.90. The van der Waals surface area contributed by atoms with Crippen molar-refractivity contribution in [3.8, 4) is 0 Å². The highest BCUT2D eigenvalue weighted by Crippen LogP contribution is 2.28. The molecule has 35 heavy (non-hydrogen) atoms. The van der Waals surface area contributed by atoms with Crippen LogP contribution in [0.3, 0.4) is 0 Å². The zero-order chi connectivity index (χ0) is 26.3. The minimum absolute atomic E-state index is 0.0676. The van der Waals surface area contributed by atoms with E-state index in [9.17, 15) is 18.0 Å². The number of carbonyl (C=O) groups excluding carboxylic acids is 2. The monoisotopic (exact) mass is 541 g/mol. The van der Waals surface area contributed by atoms with Crippen molar-refractivity contribution in [3.63, 3.8) is 0 Å². The molecule has 192 valence electrons. The third kappa shape index (κ3) is 7.59.